The highest BCUT2D eigenvalue weighted by atomic mass is 16.5. The number of carbonyl (C=O) groups excluding carboxylic acids is 2. The molecule has 0 saturated heterocycles. The fourth-order valence-electron chi connectivity index (χ4n) is 2.12. The number of carbonyl (C=O) groups is 2. The van der Waals surface area contributed by atoms with Crippen LogP contribution in [-0.2, 0) is 9.59 Å². The van der Waals surface area contributed by atoms with Gasteiger partial charge in [-0.15, -0.1) is 0 Å². The highest BCUT2D eigenvalue weighted by Crippen LogP contribution is 2.32. The molecular formula is C17H15N3O3. The second kappa shape index (κ2) is 6.31. The van der Waals surface area contributed by atoms with Gasteiger partial charge in [0, 0.05) is 24.2 Å². The molecule has 0 bridgehead atoms. The maximum atomic E-state index is 11.9. The lowest BCUT2D eigenvalue weighted by molar-refractivity contribution is -0.122. The molecule has 3 rings (SSSR count). The topological polar surface area (TPSA) is 80.3 Å². The van der Waals surface area contributed by atoms with Crippen molar-refractivity contribution in [2.24, 2.45) is 0 Å². The number of pyridine rings is 1. The van der Waals surface area contributed by atoms with Crippen molar-refractivity contribution in [1.29, 1.82) is 0 Å². The van der Waals surface area contributed by atoms with Crippen molar-refractivity contribution in [3.8, 4) is 5.75 Å². The van der Waals surface area contributed by atoms with E-state index in [0.29, 0.717) is 17.1 Å². The van der Waals surface area contributed by atoms with Crippen LogP contribution in [0.3, 0.4) is 0 Å². The summed E-state index contributed by atoms with van der Waals surface area (Å²) in [5.41, 5.74) is 2.01. The summed E-state index contributed by atoms with van der Waals surface area (Å²) >= 11 is 0. The van der Waals surface area contributed by atoms with Crippen LogP contribution in [0.4, 0.5) is 11.4 Å². The van der Waals surface area contributed by atoms with Gasteiger partial charge in [0.25, 0.3) is 5.91 Å². The van der Waals surface area contributed by atoms with Gasteiger partial charge < -0.3 is 15.4 Å². The molecule has 1 aromatic heterocycles. The van der Waals surface area contributed by atoms with Crippen molar-refractivity contribution in [2.45, 2.75) is 13.0 Å². The summed E-state index contributed by atoms with van der Waals surface area (Å²) in [5.74, 6) is 0.110. The summed E-state index contributed by atoms with van der Waals surface area (Å²) in [6.45, 7) is 1.68. The largest absolute Gasteiger partial charge is 0.479 e. The second-order valence-corrected chi connectivity index (χ2v) is 5.06. The van der Waals surface area contributed by atoms with Gasteiger partial charge in [0.15, 0.2) is 6.10 Å². The molecule has 2 heterocycles. The molecule has 1 atom stereocenters. The van der Waals surface area contributed by atoms with Gasteiger partial charge in [-0.1, -0.05) is 0 Å². The summed E-state index contributed by atoms with van der Waals surface area (Å²) in [7, 11) is 0. The zero-order chi connectivity index (χ0) is 16.2. The Bertz CT molecular complexity index is 772. The average Bonchev–Trinajstić information content (AvgIpc) is 2.55. The molecule has 0 radical (unpaired) electrons. The van der Waals surface area contributed by atoms with E-state index in [1.165, 1.54) is 6.08 Å². The van der Waals surface area contributed by atoms with Crippen LogP contribution in [0.5, 0.6) is 5.75 Å². The maximum absolute atomic E-state index is 11.9. The van der Waals surface area contributed by atoms with Crippen molar-refractivity contribution in [3.05, 3.63) is 54.4 Å². The molecule has 6 heteroatoms. The van der Waals surface area contributed by atoms with Crippen molar-refractivity contribution < 1.29 is 14.3 Å². The third-order valence-electron chi connectivity index (χ3n) is 3.31. The Kier molecular flexibility index (Phi) is 4.05. The van der Waals surface area contributed by atoms with Gasteiger partial charge >= 0.3 is 0 Å². The summed E-state index contributed by atoms with van der Waals surface area (Å²) in [5, 5.41) is 5.48. The lowest BCUT2D eigenvalue weighted by Crippen LogP contribution is -2.34. The van der Waals surface area contributed by atoms with E-state index in [4.69, 9.17) is 4.74 Å². The molecule has 0 saturated carbocycles. The van der Waals surface area contributed by atoms with Gasteiger partial charge in [-0.3, -0.25) is 14.6 Å². The van der Waals surface area contributed by atoms with Gasteiger partial charge in [0.2, 0.25) is 5.91 Å². The highest BCUT2D eigenvalue weighted by Gasteiger charge is 2.23. The van der Waals surface area contributed by atoms with Crippen molar-refractivity contribution in [1.82, 2.24) is 4.98 Å². The maximum Gasteiger partial charge on any atom is 0.265 e. The molecule has 1 aliphatic heterocycles. The Morgan fingerprint density at radius 1 is 1.30 bits per heavy atom. The standard InChI is InChI=1S/C17H15N3O3/c1-11-17(22)20-14-10-13(3-4-15(14)23-11)19-16(21)5-2-12-6-8-18-9-7-12/h2-11H,1H3,(H,19,21)(H,20,22)/b5-2+. The van der Waals surface area contributed by atoms with Gasteiger partial charge in [-0.2, -0.15) is 0 Å². The van der Waals surface area contributed by atoms with E-state index < -0.39 is 6.10 Å². The predicted molar refractivity (Wildman–Crippen MR) is 87.1 cm³/mol. The molecule has 23 heavy (non-hydrogen) atoms. The van der Waals surface area contributed by atoms with E-state index in [0.717, 1.165) is 5.56 Å². The first-order chi connectivity index (χ1) is 11.1. The third kappa shape index (κ3) is 3.55. The molecule has 0 spiro atoms. The highest BCUT2D eigenvalue weighted by molar-refractivity contribution is 6.03. The molecule has 1 aliphatic rings. The van der Waals surface area contributed by atoms with E-state index in [1.54, 1.807) is 55.7 Å². The Morgan fingerprint density at radius 3 is 2.87 bits per heavy atom. The molecule has 0 aliphatic carbocycles. The minimum Gasteiger partial charge on any atom is -0.479 e. The van der Waals surface area contributed by atoms with Crippen LogP contribution in [-0.4, -0.2) is 22.9 Å². The Labute approximate surface area is 133 Å². The van der Waals surface area contributed by atoms with E-state index in [1.807, 2.05) is 0 Å². The SMILES string of the molecule is CC1Oc2ccc(NC(=O)/C=C/c3ccncc3)cc2NC1=O. The van der Waals surface area contributed by atoms with E-state index >= 15 is 0 Å². The Balaban J connectivity index is 1.69. The van der Waals surface area contributed by atoms with Crippen molar-refractivity contribution in [2.75, 3.05) is 10.6 Å². The number of benzene rings is 1. The molecule has 6 nitrogen and oxygen atoms in total. The second-order valence-electron chi connectivity index (χ2n) is 5.06. The van der Waals surface area contributed by atoms with Crippen molar-refractivity contribution in [3.63, 3.8) is 0 Å². The number of rotatable bonds is 3. The van der Waals surface area contributed by atoms with Crippen LogP contribution in [0.15, 0.2) is 48.8 Å². The quantitative estimate of drug-likeness (QED) is 0.853. The van der Waals surface area contributed by atoms with Crippen LogP contribution in [0.25, 0.3) is 6.08 Å². The fourth-order valence-corrected chi connectivity index (χ4v) is 2.12. The minimum atomic E-state index is -0.522. The minimum absolute atomic E-state index is 0.210. The summed E-state index contributed by atoms with van der Waals surface area (Å²) in [6.07, 6.45) is 5.93. The number of hydrogen-bond acceptors (Lipinski definition) is 4. The number of aromatic nitrogens is 1. The molecule has 2 amide bonds. The van der Waals surface area contributed by atoms with Crippen LogP contribution in [0, 0.1) is 0 Å². The molecule has 2 N–H and O–H groups in total. The number of fused-ring (bicyclic) bond motifs is 1. The van der Waals surface area contributed by atoms with Crippen LogP contribution < -0.4 is 15.4 Å². The number of hydrogen-bond donors (Lipinski definition) is 2. The number of anilines is 2. The molecule has 1 aromatic carbocycles. The van der Waals surface area contributed by atoms with E-state index in [9.17, 15) is 9.59 Å². The summed E-state index contributed by atoms with van der Waals surface area (Å²) in [4.78, 5) is 27.5. The smallest absolute Gasteiger partial charge is 0.265 e. The van der Waals surface area contributed by atoms with Gasteiger partial charge in [-0.25, -0.2) is 0 Å². The number of ether oxygens (including phenoxy) is 1. The van der Waals surface area contributed by atoms with Crippen molar-refractivity contribution >= 4 is 29.3 Å². The normalized spacial score (nSPS) is 16.4. The monoisotopic (exact) mass is 309 g/mol. The number of amides is 2. The molecule has 116 valence electrons. The first kappa shape index (κ1) is 14.8. The third-order valence-corrected chi connectivity index (χ3v) is 3.31. The number of nitrogens with zero attached hydrogens (tertiary/aromatic N) is 1. The number of nitrogens with one attached hydrogen (secondary N) is 2. The van der Waals surface area contributed by atoms with Gasteiger partial charge in [0.1, 0.15) is 5.75 Å². The molecule has 2 aromatic rings. The summed E-state index contributed by atoms with van der Waals surface area (Å²) < 4.78 is 5.46. The average molecular weight is 309 g/mol. The predicted octanol–water partition coefficient (Wildman–Crippen LogP) is 2.45. The molecule has 1 unspecified atom stereocenters. The first-order valence-electron chi connectivity index (χ1n) is 7.12. The van der Waals surface area contributed by atoms with Crippen LogP contribution >= 0.6 is 0 Å². The Hall–Kier alpha value is -3.15. The zero-order valence-electron chi connectivity index (χ0n) is 12.4. The molecular weight excluding hydrogens is 294 g/mol. The molecule has 0 fully saturated rings. The first-order valence-corrected chi connectivity index (χ1v) is 7.12. The van der Waals surface area contributed by atoms with E-state index in [-0.39, 0.29) is 11.8 Å². The summed E-state index contributed by atoms with van der Waals surface area (Å²) in [6, 6.07) is 8.71. The Morgan fingerprint density at radius 2 is 2.09 bits per heavy atom. The fraction of sp³-hybridized carbons (Fsp3) is 0.118. The van der Waals surface area contributed by atoms with Gasteiger partial charge in [0.05, 0.1) is 5.69 Å². The van der Waals surface area contributed by atoms with E-state index in [2.05, 4.69) is 15.6 Å². The lowest BCUT2D eigenvalue weighted by atomic mass is 10.2. The van der Waals surface area contributed by atoms with Crippen LogP contribution in [0.2, 0.25) is 0 Å². The van der Waals surface area contributed by atoms with Crippen LogP contribution in [0.1, 0.15) is 12.5 Å². The lowest BCUT2D eigenvalue weighted by Gasteiger charge is -2.23. The van der Waals surface area contributed by atoms with Gasteiger partial charge in [-0.05, 0) is 48.9 Å². The zero-order valence-corrected chi connectivity index (χ0v) is 12.4.